The lowest BCUT2D eigenvalue weighted by Gasteiger charge is -2.71. The topological polar surface area (TPSA) is 99.5 Å². The van der Waals surface area contributed by atoms with E-state index in [-0.39, 0.29) is 61.4 Å². The first kappa shape index (κ1) is 43.6. The number of fused-ring (bicyclic) bond motifs is 1. The van der Waals surface area contributed by atoms with Gasteiger partial charge in [0.25, 0.3) is 0 Å². The van der Waals surface area contributed by atoms with Crippen LogP contribution in [0.15, 0.2) is 103 Å². The molecule has 3 saturated carbocycles. The van der Waals surface area contributed by atoms with E-state index >= 15 is 0 Å². The lowest BCUT2D eigenvalue weighted by Crippen LogP contribution is -2.67. The molecule has 3 aromatic carbocycles. The zero-order valence-electron chi connectivity index (χ0n) is 34.3. The van der Waals surface area contributed by atoms with Gasteiger partial charge in [-0.05, 0) is 97.6 Å². The average Bonchev–Trinajstić information content (AvgIpc) is 3.47. The van der Waals surface area contributed by atoms with Crippen LogP contribution < -0.4 is 4.74 Å². The number of carbonyl (C=O) groups excluding carboxylic acids is 1. The minimum Gasteiger partial charge on any atom is -0.406 e. The van der Waals surface area contributed by atoms with E-state index in [0.717, 1.165) is 17.7 Å². The molecule has 2 bridgehead atoms. The second-order valence-corrected chi connectivity index (χ2v) is 18.7. The lowest BCUT2D eigenvalue weighted by atomic mass is 9.32. The predicted octanol–water partition coefficient (Wildman–Crippen LogP) is 9.46. The number of aliphatic hydroxyl groups excluding tert-OH is 2. The number of aliphatic hydroxyl groups is 3. The van der Waals surface area contributed by atoms with E-state index in [4.69, 9.17) is 4.74 Å². The lowest BCUT2D eigenvalue weighted by molar-refractivity contribution is -0.274. The number of hydrogen-bond donors (Lipinski definition) is 3. The summed E-state index contributed by atoms with van der Waals surface area (Å²) in [6.07, 6.45) is -1.18. The molecule has 0 amide bonds. The van der Waals surface area contributed by atoms with Crippen molar-refractivity contribution in [1.29, 1.82) is 0 Å². The van der Waals surface area contributed by atoms with Crippen molar-refractivity contribution in [1.82, 2.24) is 4.90 Å². The minimum absolute atomic E-state index is 0.0154. The Kier molecular flexibility index (Phi) is 11.2. The van der Waals surface area contributed by atoms with Gasteiger partial charge in [0.2, 0.25) is 0 Å². The highest BCUT2D eigenvalue weighted by molar-refractivity contribution is 6.10. The summed E-state index contributed by atoms with van der Waals surface area (Å²) in [6.45, 7) is 4.83. The van der Waals surface area contributed by atoms with Gasteiger partial charge in [-0.2, -0.15) is 13.2 Å². The summed E-state index contributed by atoms with van der Waals surface area (Å²) in [7, 11) is 0. The van der Waals surface area contributed by atoms with Gasteiger partial charge in [0.1, 0.15) is 5.75 Å². The van der Waals surface area contributed by atoms with Crippen molar-refractivity contribution in [3.8, 4) is 5.75 Å². The van der Waals surface area contributed by atoms with Crippen molar-refractivity contribution in [3.05, 3.63) is 125 Å². The third kappa shape index (κ3) is 7.76. The molecule has 13 heteroatoms. The Bertz CT molecular complexity index is 2160. The molecule has 0 aliphatic heterocycles. The number of rotatable bonds is 13. The fourth-order valence-corrected chi connectivity index (χ4v) is 12.4. The molecule has 2 spiro atoms. The number of Topliss-reactive ketones (excluding diaryl/α,β-unsaturated/α-hetero) is 1. The van der Waals surface area contributed by atoms with Crippen LogP contribution in [0.2, 0.25) is 0 Å². The Morgan fingerprint density at radius 1 is 0.852 bits per heavy atom. The molecular weight excluding hydrogens is 801 g/mol. The maximum Gasteiger partial charge on any atom is 0.573 e. The number of hydrogen-bond acceptors (Lipinski definition) is 7. The molecule has 0 radical (unpaired) electrons. The monoisotopic (exact) mass is 853 g/mol. The first-order chi connectivity index (χ1) is 28.7. The molecule has 0 saturated heterocycles. The molecule has 0 aromatic heterocycles. The molecule has 61 heavy (non-hydrogen) atoms. The molecule has 328 valence electrons. The molecular formula is C48H53F6NO6. The van der Waals surface area contributed by atoms with E-state index < -0.39 is 57.9 Å². The fourth-order valence-electron chi connectivity index (χ4n) is 12.4. The molecule has 0 heterocycles. The van der Waals surface area contributed by atoms with Crippen molar-refractivity contribution in [2.75, 3.05) is 19.7 Å². The van der Waals surface area contributed by atoms with Crippen LogP contribution >= 0.6 is 0 Å². The molecule has 9 atom stereocenters. The standard InChI is InChI=1S/C48H53F6NO6/c1-42-18-15-35(56)24-44(42)21-22-46(38(25-44)41(58)33-9-6-10-34(23-33)47(49,50)51)39(42)16-19-43(2)40(46)17-20-45(43,59)30-55(26-31-11-13-37(14-12-31)61-48(52,53)54)27-36(57)29-60-28-32-7-4-3-5-8-32/h3-14,21-23,25,35-36,39-40,56-57,59H,15-20,24,26-30H2,1-2H3. The Morgan fingerprint density at radius 3 is 2.25 bits per heavy atom. The smallest absolute Gasteiger partial charge is 0.406 e. The third-order valence-corrected chi connectivity index (χ3v) is 15.3. The summed E-state index contributed by atoms with van der Waals surface area (Å²) in [6, 6.07) is 19.5. The molecule has 6 aliphatic carbocycles. The summed E-state index contributed by atoms with van der Waals surface area (Å²) >= 11 is 0. The van der Waals surface area contributed by atoms with Gasteiger partial charge in [0.05, 0.1) is 36.6 Å². The Hall–Kier alpha value is -4.01. The van der Waals surface area contributed by atoms with Crippen molar-refractivity contribution < 1.29 is 55.9 Å². The maximum absolute atomic E-state index is 14.9. The van der Waals surface area contributed by atoms with Crippen LogP contribution in [0.4, 0.5) is 26.3 Å². The van der Waals surface area contributed by atoms with Gasteiger partial charge in [-0.3, -0.25) is 9.69 Å². The van der Waals surface area contributed by atoms with Gasteiger partial charge in [-0.15, -0.1) is 13.2 Å². The number of carbonyl (C=O) groups is 1. The molecule has 3 fully saturated rings. The SMILES string of the molecule is CC12CCC(O)CC13C=CC1(C(C(=O)c4cccc(C(F)(F)F)c4)=C3)C2CCC2(C)C1CCC2(O)CN(Cc1ccc(OC(F)(F)F)cc1)CC(O)COCc1ccccc1. The Labute approximate surface area is 352 Å². The number of allylic oxidation sites excluding steroid dienone is 4. The van der Waals surface area contributed by atoms with Crippen LogP contribution in [0.3, 0.4) is 0 Å². The average molecular weight is 854 g/mol. The van der Waals surface area contributed by atoms with E-state index in [2.05, 4.69) is 23.8 Å². The van der Waals surface area contributed by atoms with Crippen LogP contribution in [0.5, 0.6) is 5.75 Å². The number of nitrogens with zero attached hydrogens (tertiary/aromatic N) is 1. The number of halogens is 6. The van der Waals surface area contributed by atoms with Gasteiger partial charge in [0.15, 0.2) is 5.78 Å². The normalized spacial score (nSPS) is 33.4. The molecule has 9 unspecified atom stereocenters. The highest BCUT2D eigenvalue weighted by Crippen LogP contribution is 2.78. The van der Waals surface area contributed by atoms with Gasteiger partial charge >= 0.3 is 12.5 Å². The summed E-state index contributed by atoms with van der Waals surface area (Å²) < 4.78 is 90.8. The van der Waals surface area contributed by atoms with Crippen molar-refractivity contribution >= 4 is 5.78 Å². The third-order valence-electron chi connectivity index (χ3n) is 15.3. The largest absolute Gasteiger partial charge is 0.573 e. The highest BCUT2D eigenvalue weighted by atomic mass is 19.4. The van der Waals surface area contributed by atoms with Crippen LogP contribution in [-0.4, -0.2) is 69.9 Å². The summed E-state index contributed by atoms with van der Waals surface area (Å²) in [5, 5.41) is 35.5. The van der Waals surface area contributed by atoms with Gasteiger partial charge in [-0.1, -0.05) is 86.7 Å². The zero-order valence-corrected chi connectivity index (χ0v) is 34.3. The first-order valence-electron chi connectivity index (χ1n) is 21.1. The predicted molar refractivity (Wildman–Crippen MR) is 215 cm³/mol. The molecule has 9 rings (SSSR count). The quantitative estimate of drug-likeness (QED) is 0.0896. The highest BCUT2D eigenvalue weighted by Gasteiger charge is 2.74. The van der Waals surface area contributed by atoms with E-state index in [0.29, 0.717) is 56.1 Å². The minimum atomic E-state index is -4.86. The fraction of sp³-hybridized carbons (Fsp3) is 0.521. The molecule has 3 aromatic rings. The van der Waals surface area contributed by atoms with E-state index in [9.17, 15) is 46.5 Å². The summed E-state index contributed by atoms with van der Waals surface area (Å²) in [4.78, 5) is 16.8. The van der Waals surface area contributed by atoms with Crippen molar-refractivity contribution in [2.45, 2.75) is 102 Å². The molecule has 3 N–H and O–H groups in total. The first-order valence-corrected chi connectivity index (χ1v) is 21.1. The Balaban J connectivity index is 1.12. The van der Waals surface area contributed by atoms with Crippen molar-refractivity contribution in [2.24, 2.45) is 33.5 Å². The van der Waals surface area contributed by atoms with E-state index in [1.807, 2.05) is 48.2 Å². The summed E-state index contributed by atoms with van der Waals surface area (Å²) in [5.74, 6) is -1.26. The van der Waals surface area contributed by atoms with Gasteiger partial charge in [-0.25, -0.2) is 0 Å². The van der Waals surface area contributed by atoms with Crippen LogP contribution in [-0.2, 0) is 24.1 Å². The summed E-state index contributed by atoms with van der Waals surface area (Å²) in [5.41, 5.74) is -3.17. The van der Waals surface area contributed by atoms with E-state index in [1.54, 1.807) is 0 Å². The van der Waals surface area contributed by atoms with Crippen LogP contribution in [0.1, 0.15) is 85.8 Å². The van der Waals surface area contributed by atoms with Gasteiger partial charge in [0, 0.05) is 47.0 Å². The van der Waals surface area contributed by atoms with E-state index in [1.165, 1.54) is 36.4 Å². The number of benzene rings is 3. The molecule has 7 nitrogen and oxygen atoms in total. The van der Waals surface area contributed by atoms with Crippen LogP contribution in [0.25, 0.3) is 0 Å². The second kappa shape index (κ2) is 15.7. The maximum atomic E-state index is 14.9. The van der Waals surface area contributed by atoms with Crippen LogP contribution in [0, 0.1) is 33.5 Å². The van der Waals surface area contributed by atoms with Gasteiger partial charge < -0.3 is 24.8 Å². The second-order valence-electron chi connectivity index (χ2n) is 18.7. The zero-order chi connectivity index (χ0) is 43.6. The van der Waals surface area contributed by atoms with Crippen molar-refractivity contribution in [3.63, 3.8) is 0 Å². The molecule has 6 aliphatic rings. The number of ketones is 1. The Morgan fingerprint density at radius 2 is 1.54 bits per heavy atom. The number of ether oxygens (including phenoxy) is 2. The number of alkyl halides is 6.